The van der Waals surface area contributed by atoms with Gasteiger partial charge in [-0.25, -0.2) is 0 Å². The largest absolute Gasteiger partial charge is 0.376 e. The molecule has 0 aromatic heterocycles. The van der Waals surface area contributed by atoms with E-state index in [2.05, 4.69) is 10.6 Å². The van der Waals surface area contributed by atoms with Crippen molar-refractivity contribution in [2.24, 2.45) is 5.92 Å². The molecule has 2 amide bonds. The van der Waals surface area contributed by atoms with Gasteiger partial charge in [-0.3, -0.25) is 9.59 Å². The minimum Gasteiger partial charge on any atom is -0.376 e. The van der Waals surface area contributed by atoms with Crippen LogP contribution in [0.3, 0.4) is 0 Å². The van der Waals surface area contributed by atoms with Gasteiger partial charge in [0.1, 0.15) is 0 Å². The van der Waals surface area contributed by atoms with E-state index < -0.39 is 0 Å². The number of nitrogens with one attached hydrogen (secondary N) is 2. The fraction of sp³-hybridized carbons (Fsp3) is 0.467. The van der Waals surface area contributed by atoms with E-state index in [1.807, 2.05) is 26.0 Å². The SMILES string of the molecule is CC(C)CNC(=O)c1ccccc1NCC(=O)N(C)C. The predicted molar refractivity (Wildman–Crippen MR) is 80.8 cm³/mol. The number of anilines is 1. The van der Waals surface area contributed by atoms with Crippen molar-refractivity contribution < 1.29 is 9.59 Å². The minimum atomic E-state index is -0.126. The van der Waals surface area contributed by atoms with E-state index in [-0.39, 0.29) is 18.4 Å². The number of hydrogen-bond acceptors (Lipinski definition) is 3. The van der Waals surface area contributed by atoms with Gasteiger partial charge in [0, 0.05) is 26.3 Å². The number of carbonyl (C=O) groups is 2. The molecule has 0 aliphatic heterocycles. The van der Waals surface area contributed by atoms with Crippen LogP contribution >= 0.6 is 0 Å². The Morgan fingerprint density at radius 2 is 1.85 bits per heavy atom. The van der Waals surface area contributed by atoms with Gasteiger partial charge in [0.05, 0.1) is 12.1 Å². The number of hydrogen-bond donors (Lipinski definition) is 2. The Morgan fingerprint density at radius 3 is 2.45 bits per heavy atom. The molecule has 2 N–H and O–H groups in total. The zero-order chi connectivity index (χ0) is 15.1. The van der Waals surface area contributed by atoms with E-state index >= 15 is 0 Å². The zero-order valence-corrected chi connectivity index (χ0v) is 12.6. The smallest absolute Gasteiger partial charge is 0.253 e. The number of amides is 2. The van der Waals surface area contributed by atoms with Crippen molar-refractivity contribution in [2.45, 2.75) is 13.8 Å². The summed E-state index contributed by atoms with van der Waals surface area (Å²) in [6.07, 6.45) is 0. The van der Waals surface area contributed by atoms with Crippen LogP contribution in [0.5, 0.6) is 0 Å². The molecule has 1 aromatic rings. The van der Waals surface area contributed by atoms with Crippen LogP contribution in [0.15, 0.2) is 24.3 Å². The first-order chi connectivity index (χ1) is 9.41. The van der Waals surface area contributed by atoms with Crippen molar-refractivity contribution in [2.75, 3.05) is 32.5 Å². The molecule has 0 aliphatic rings. The summed E-state index contributed by atoms with van der Waals surface area (Å²) in [5.74, 6) is 0.232. The highest BCUT2D eigenvalue weighted by Crippen LogP contribution is 2.14. The number of likely N-dealkylation sites (N-methyl/N-ethyl adjacent to an activating group) is 1. The number of nitrogens with zero attached hydrogens (tertiary/aromatic N) is 1. The fourth-order valence-corrected chi connectivity index (χ4v) is 1.56. The highest BCUT2D eigenvalue weighted by atomic mass is 16.2. The van der Waals surface area contributed by atoms with Crippen molar-refractivity contribution in [3.63, 3.8) is 0 Å². The van der Waals surface area contributed by atoms with Gasteiger partial charge in [-0.15, -0.1) is 0 Å². The Hall–Kier alpha value is -2.04. The molecule has 0 aliphatic carbocycles. The quantitative estimate of drug-likeness (QED) is 0.830. The van der Waals surface area contributed by atoms with Gasteiger partial charge in [0.25, 0.3) is 5.91 Å². The predicted octanol–water partition coefficient (Wildman–Crippen LogP) is 1.57. The maximum Gasteiger partial charge on any atom is 0.253 e. The molecular formula is C15H23N3O2. The summed E-state index contributed by atoms with van der Waals surface area (Å²) in [6.45, 7) is 4.88. The molecule has 1 rings (SSSR count). The van der Waals surface area contributed by atoms with E-state index in [0.717, 1.165) is 0 Å². The minimum absolute atomic E-state index is 0.0395. The van der Waals surface area contributed by atoms with Crippen LogP contribution in [0.1, 0.15) is 24.2 Å². The second-order valence-corrected chi connectivity index (χ2v) is 5.29. The number of rotatable bonds is 6. The van der Waals surface area contributed by atoms with E-state index in [1.165, 1.54) is 4.90 Å². The molecule has 110 valence electrons. The molecule has 1 aromatic carbocycles. The van der Waals surface area contributed by atoms with Crippen LogP contribution in [-0.2, 0) is 4.79 Å². The van der Waals surface area contributed by atoms with Gasteiger partial charge in [-0.05, 0) is 18.1 Å². The molecule has 0 saturated carbocycles. The Kier molecular flexibility index (Phi) is 6.03. The summed E-state index contributed by atoms with van der Waals surface area (Å²) in [5.41, 5.74) is 1.23. The summed E-state index contributed by atoms with van der Waals surface area (Å²) in [4.78, 5) is 25.2. The molecule has 0 fully saturated rings. The lowest BCUT2D eigenvalue weighted by Crippen LogP contribution is -2.30. The van der Waals surface area contributed by atoms with Gasteiger partial charge in [-0.2, -0.15) is 0 Å². The lowest BCUT2D eigenvalue weighted by molar-refractivity contribution is -0.126. The van der Waals surface area contributed by atoms with E-state index in [0.29, 0.717) is 23.7 Å². The highest BCUT2D eigenvalue weighted by molar-refractivity contribution is 6.00. The normalized spacial score (nSPS) is 10.2. The molecule has 0 radical (unpaired) electrons. The average Bonchev–Trinajstić information content (AvgIpc) is 2.42. The lowest BCUT2D eigenvalue weighted by Gasteiger charge is -2.15. The first kappa shape index (κ1) is 16.0. The first-order valence-electron chi connectivity index (χ1n) is 6.73. The van der Waals surface area contributed by atoms with Crippen molar-refractivity contribution in [3.8, 4) is 0 Å². The average molecular weight is 277 g/mol. The third kappa shape index (κ3) is 4.91. The summed E-state index contributed by atoms with van der Waals surface area (Å²) in [7, 11) is 3.40. The Labute approximate surface area is 120 Å². The molecule has 5 heteroatoms. The monoisotopic (exact) mass is 277 g/mol. The molecule has 0 spiro atoms. The summed E-state index contributed by atoms with van der Waals surface area (Å²) < 4.78 is 0. The molecule has 5 nitrogen and oxygen atoms in total. The maximum absolute atomic E-state index is 12.1. The second kappa shape index (κ2) is 7.53. The van der Waals surface area contributed by atoms with Crippen LogP contribution in [0.25, 0.3) is 0 Å². The van der Waals surface area contributed by atoms with Crippen molar-refractivity contribution in [3.05, 3.63) is 29.8 Å². The third-order valence-corrected chi connectivity index (χ3v) is 2.77. The fourth-order valence-electron chi connectivity index (χ4n) is 1.56. The molecule has 0 atom stereocenters. The van der Waals surface area contributed by atoms with E-state index in [9.17, 15) is 9.59 Å². The molecule has 20 heavy (non-hydrogen) atoms. The van der Waals surface area contributed by atoms with Gasteiger partial charge < -0.3 is 15.5 Å². The van der Waals surface area contributed by atoms with Crippen LogP contribution in [0.2, 0.25) is 0 Å². The van der Waals surface area contributed by atoms with Crippen molar-refractivity contribution >= 4 is 17.5 Å². The van der Waals surface area contributed by atoms with Gasteiger partial charge in [0.2, 0.25) is 5.91 Å². The second-order valence-electron chi connectivity index (χ2n) is 5.29. The topological polar surface area (TPSA) is 61.4 Å². The van der Waals surface area contributed by atoms with Gasteiger partial charge in [-0.1, -0.05) is 26.0 Å². The number of para-hydroxylation sites is 1. The van der Waals surface area contributed by atoms with E-state index in [1.54, 1.807) is 26.2 Å². The molecule has 0 heterocycles. The first-order valence-corrected chi connectivity index (χ1v) is 6.73. The summed E-state index contributed by atoms with van der Waals surface area (Å²) in [6, 6.07) is 7.19. The zero-order valence-electron chi connectivity index (χ0n) is 12.6. The Balaban J connectivity index is 2.72. The maximum atomic E-state index is 12.1. The molecular weight excluding hydrogens is 254 g/mol. The van der Waals surface area contributed by atoms with Crippen LogP contribution in [-0.4, -0.2) is 43.9 Å². The van der Waals surface area contributed by atoms with Crippen LogP contribution in [0.4, 0.5) is 5.69 Å². The molecule has 0 unspecified atom stereocenters. The molecule has 0 bridgehead atoms. The van der Waals surface area contributed by atoms with Gasteiger partial charge >= 0.3 is 0 Å². The Bertz CT molecular complexity index is 470. The van der Waals surface area contributed by atoms with E-state index in [4.69, 9.17) is 0 Å². The van der Waals surface area contributed by atoms with Crippen LogP contribution < -0.4 is 10.6 Å². The third-order valence-electron chi connectivity index (χ3n) is 2.77. The Morgan fingerprint density at radius 1 is 1.20 bits per heavy atom. The van der Waals surface area contributed by atoms with Gasteiger partial charge in [0.15, 0.2) is 0 Å². The molecule has 0 saturated heterocycles. The van der Waals surface area contributed by atoms with Crippen molar-refractivity contribution in [1.29, 1.82) is 0 Å². The number of benzene rings is 1. The van der Waals surface area contributed by atoms with Crippen LogP contribution in [0, 0.1) is 5.92 Å². The highest BCUT2D eigenvalue weighted by Gasteiger charge is 2.12. The lowest BCUT2D eigenvalue weighted by atomic mass is 10.1. The van der Waals surface area contributed by atoms with Crippen molar-refractivity contribution in [1.82, 2.24) is 10.2 Å². The summed E-state index contributed by atoms with van der Waals surface area (Å²) in [5, 5.41) is 5.89. The number of carbonyl (C=O) groups excluding carboxylic acids is 2. The summed E-state index contributed by atoms with van der Waals surface area (Å²) >= 11 is 0. The standard InChI is InChI=1S/C15H23N3O2/c1-11(2)9-17-15(20)12-7-5-6-8-13(12)16-10-14(19)18(3)4/h5-8,11,16H,9-10H2,1-4H3,(H,17,20).